The van der Waals surface area contributed by atoms with Gasteiger partial charge in [-0.1, -0.05) is 55.3 Å². The summed E-state index contributed by atoms with van der Waals surface area (Å²) in [5, 5.41) is 3.12. The monoisotopic (exact) mass is 370 g/mol. The Labute approximate surface area is 158 Å². The van der Waals surface area contributed by atoms with E-state index in [0.29, 0.717) is 12.1 Å². The molecule has 0 spiro atoms. The van der Waals surface area contributed by atoms with E-state index in [9.17, 15) is 9.59 Å². The lowest BCUT2D eigenvalue weighted by Gasteiger charge is -2.13. The van der Waals surface area contributed by atoms with E-state index < -0.39 is 0 Å². The van der Waals surface area contributed by atoms with Crippen molar-refractivity contribution in [3.8, 4) is 0 Å². The Morgan fingerprint density at radius 1 is 1.19 bits per heavy atom. The molecule has 0 bridgehead atoms. The van der Waals surface area contributed by atoms with Gasteiger partial charge in [-0.15, -0.1) is 0 Å². The third-order valence-corrected chi connectivity index (χ3v) is 4.93. The Bertz CT molecular complexity index is 868. The van der Waals surface area contributed by atoms with Crippen LogP contribution in [0.4, 0.5) is 0 Å². The van der Waals surface area contributed by atoms with Gasteiger partial charge in [0.1, 0.15) is 5.02 Å². The predicted molar refractivity (Wildman–Crippen MR) is 105 cm³/mol. The number of aromatic amines is 1. The first kappa shape index (κ1) is 18.5. The Kier molecular flexibility index (Phi) is 5.94. The molecule has 4 nitrogen and oxygen atoms in total. The van der Waals surface area contributed by atoms with Crippen LogP contribution in [0, 0.1) is 0 Å². The highest BCUT2D eigenvalue weighted by Gasteiger charge is 2.20. The molecule has 2 aromatic rings. The average molecular weight is 371 g/mol. The molecule has 1 aromatic heterocycles. The van der Waals surface area contributed by atoms with Crippen LogP contribution in [0.2, 0.25) is 5.02 Å². The van der Waals surface area contributed by atoms with Crippen molar-refractivity contribution in [3.63, 3.8) is 0 Å². The molecule has 0 aliphatic carbocycles. The minimum Gasteiger partial charge on any atom is -0.350 e. The highest BCUT2D eigenvalue weighted by Crippen LogP contribution is 2.25. The van der Waals surface area contributed by atoms with E-state index in [1.165, 1.54) is 18.4 Å². The summed E-state index contributed by atoms with van der Waals surface area (Å²) >= 11 is 5.87. The fourth-order valence-corrected chi connectivity index (χ4v) is 3.26. The number of aromatic nitrogens is 1. The largest absolute Gasteiger partial charge is 0.350 e. The molecule has 3 rings (SSSR count). The van der Waals surface area contributed by atoms with E-state index in [1.54, 1.807) is 12.1 Å². The lowest BCUT2D eigenvalue weighted by Crippen LogP contribution is -2.23. The minimum atomic E-state index is -0.315. The summed E-state index contributed by atoms with van der Waals surface area (Å²) in [6.07, 6.45) is 6.70. The fraction of sp³-hybridized carbons (Fsp3) is 0.333. The van der Waals surface area contributed by atoms with Crippen LogP contribution in [0.25, 0.3) is 5.57 Å². The Morgan fingerprint density at radius 2 is 1.96 bits per heavy atom. The van der Waals surface area contributed by atoms with Gasteiger partial charge >= 0.3 is 0 Å². The smallest absolute Gasteiger partial charge is 0.267 e. The van der Waals surface area contributed by atoms with Gasteiger partial charge in [-0.25, -0.2) is 0 Å². The lowest BCUT2D eigenvalue weighted by atomic mass is 9.97. The minimum absolute atomic E-state index is 0.0311. The van der Waals surface area contributed by atoms with Gasteiger partial charge in [-0.05, 0) is 42.5 Å². The van der Waals surface area contributed by atoms with Gasteiger partial charge in [0.15, 0.2) is 0 Å². The second kappa shape index (κ2) is 8.37. The maximum absolute atomic E-state index is 12.0. The van der Waals surface area contributed by atoms with Crippen LogP contribution >= 0.6 is 11.6 Å². The number of hydrogen-bond acceptors (Lipinski definition) is 2. The van der Waals surface area contributed by atoms with Crippen LogP contribution in [0.1, 0.15) is 49.4 Å². The van der Waals surface area contributed by atoms with Crippen LogP contribution < -0.4 is 10.9 Å². The van der Waals surface area contributed by atoms with Crippen LogP contribution in [-0.4, -0.2) is 16.9 Å². The number of rotatable bonds is 6. The van der Waals surface area contributed by atoms with Crippen molar-refractivity contribution in [2.24, 2.45) is 0 Å². The Morgan fingerprint density at radius 3 is 2.58 bits per heavy atom. The molecular formula is C21H23ClN2O2. The van der Waals surface area contributed by atoms with E-state index in [0.717, 1.165) is 24.0 Å². The summed E-state index contributed by atoms with van der Waals surface area (Å²) < 4.78 is 0. The number of amides is 1. The first-order chi connectivity index (χ1) is 12.6. The van der Waals surface area contributed by atoms with Crippen LogP contribution in [0.15, 0.2) is 47.3 Å². The van der Waals surface area contributed by atoms with Crippen molar-refractivity contribution in [1.29, 1.82) is 0 Å². The number of unbranched alkanes of at least 4 members (excludes halogenated alkanes) is 1. The first-order valence-corrected chi connectivity index (χ1v) is 9.44. The average Bonchev–Trinajstić information content (AvgIpc) is 3.06. The Hall–Kier alpha value is -2.33. The second-order valence-electron chi connectivity index (χ2n) is 6.64. The SMILES string of the molecule is CCCCc1ccc(C(=C[C@H]2CCC(=O)N2)c2ccc(Cl)c(=O)[nH]2)cc1. The van der Waals surface area contributed by atoms with E-state index in [-0.39, 0.29) is 22.5 Å². The van der Waals surface area contributed by atoms with Crippen LogP contribution in [-0.2, 0) is 11.2 Å². The summed E-state index contributed by atoms with van der Waals surface area (Å²) in [5.74, 6) is 0.0603. The molecule has 0 unspecified atom stereocenters. The maximum Gasteiger partial charge on any atom is 0.267 e. The van der Waals surface area contributed by atoms with E-state index >= 15 is 0 Å². The molecule has 0 saturated carbocycles. The molecular weight excluding hydrogens is 348 g/mol. The van der Waals surface area contributed by atoms with Crippen LogP contribution in [0.3, 0.4) is 0 Å². The molecule has 1 atom stereocenters. The van der Waals surface area contributed by atoms with Crippen molar-refractivity contribution in [2.45, 2.75) is 45.1 Å². The lowest BCUT2D eigenvalue weighted by molar-refractivity contribution is -0.119. The summed E-state index contributed by atoms with van der Waals surface area (Å²) in [7, 11) is 0. The number of nitrogens with one attached hydrogen (secondary N) is 2. The number of carbonyl (C=O) groups is 1. The van der Waals surface area contributed by atoms with Gasteiger partial charge in [0.25, 0.3) is 5.56 Å². The van der Waals surface area contributed by atoms with Crippen molar-refractivity contribution < 1.29 is 4.79 Å². The summed E-state index contributed by atoms with van der Waals surface area (Å²) in [6, 6.07) is 11.8. The molecule has 26 heavy (non-hydrogen) atoms. The molecule has 0 radical (unpaired) electrons. The third kappa shape index (κ3) is 4.44. The Balaban J connectivity index is 1.97. The summed E-state index contributed by atoms with van der Waals surface area (Å²) in [5.41, 5.74) is 3.58. The molecule has 1 fully saturated rings. The van der Waals surface area contributed by atoms with E-state index in [2.05, 4.69) is 41.5 Å². The molecule has 1 amide bonds. The number of pyridine rings is 1. The highest BCUT2D eigenvalue weighted by atomic mass is 35.5. The van der Waals surface area contributed by atoms with Gasteiger partial charge in [0, 0.05) is 23.7 Å². The van der Waals surface area contributed by atoms with Gasteiger partial charge < -0.3 is 10.3 Å². The van der Waals surface area contributed by atoms with Crippen molar-refractivity contribution in [1.82, 2.24) is 10.3 Å². The fourth-order valence-electron chi connectivity index (χ4n) is 3.15. The summed E-state index contributed by atoms with van der Waals surface area (Å²) in [4.78, 5) is 26.3. The zero-order chi connectivity index (χ0) is 18.5. The van der Waals surface area contributed by atoms with Crippen molar-refractivity contribution in [2.75, 3.05) is 0 Å². The summed E-state index contributed by atoms with van der Waals surface area (Å²) in [6.45, 7) is 2.18. The van der Waals surface area contributed by atoms with Crippen molar-refractivity contribution >= 4 is 23.1 Å². The number of aryl methyl sites for hydroxylation is 1. The van der Waals surface area contributed by atoms with Gasteiger partial charge in [-0.2, -0.15) is 0 Å². The molecule has 1 aliphatic rings. The van der Waals surface area contributed by atoms with Gasteiger partial charge in [-0.3, -0.25) is 9.59 Å². The van der Waals surface area contributed by atoms with E-state index in [4.69, 9.17) is 11.6 Å². The standard InChI is InChI=1S/C21H23ClN2O2/c1-2-3-4-14-5-7-15(8-6-14)17(13-16-9-12-20(25)23-16)19-11-10-18(22)21(26)24-19/h5-8,10-11,13,16H,2-4,9,12H2,1H3,(H,23,25)(H,24,26)/t16-/m1/s1. The number of halogens is 1. The molecule has 1 aliphatic heterocycles. The predicted octanol–water partition coefficient (Wildman–Crippen LogP) is 4.08. The quantitative estimate of drug-likeness (QED) is 0.804. The maximum atomic E-state index is 12.0. The zero-order valence-corrected chi connectivity index (χ0v) is 15.6. The molecule has 1 saturated heterocycles. The highest BCUT2D eigenvalue weighted by molar-refractivity contribution is 6.30. The van der Waals surface area contributed by atoms with Crippen LogP contribution in [0.5, 0.6) is 0 Å². The number of carbonyl (C=O) groups excluding carboxylic acids is 1. The van der Waals surface area contributed by atoms with E-state index in [1.807, 2.05) is 6.08 Å². The molecule has 2 heterocycles. The third-order valence-electron chi connectivity index (χ3n) is 4.63. The molecule has 2 N–H and O–H groups in total. The molecule has 1 aromatic carbocycles. The normalized spacial score (nSPS) is 17.4. The zero-order valence-electron chi connectivity index (χ0n) is 14.8. The molecule has 136 valence electrons. The second-order valence-corrected chi connectivity index (χ2v) is 7.05. The van der Waals surface area contributed by atoms with Crippen molar-refractivity contribution in [3.05, 3.63) is 74.7 Å². The number of hydrogen-bond donors (Lipinski definition) is 2. The first-order valence-electron chi connectivity index (χ1n) is 9.06. The topological polar surface area (TPSA) is 62.0 Å². The van der Waals surface area contributed by atoms with Gasteiger partial charge in [0.05, 0.1) is 0 Å². The molecule has 5 heteroatoms. The number of benzene rings is 1. The van der Waals surface area contributed by atoms with Gasteiger partial charge in [0.2, 0.25) is 5.91 Å². The number of H-pyrrole nitrogens is 1.